The van der Waals surface area contributed by atoms with E-state index in [1.165, 1.54) is 6.20 Å². The van der Waals surface area contributed by atoms with Gasteiger partial charge >= 0.3 is 0 Å². The van der Waals surface area contributed by atoms with E-state index in [0.717, 1.165) is 0 Å². The van der Waals surface area contributed by atoms with Crippen LogP contribution >= 0.6 is 15.9 Å². The predicted octanol–water partition coefficient (Wildman–Crippen LogP) is 1.38. The number of pyridine rings is 1. The molecule has 0 aliphatic heterocycles. The standard InChI is InChI=1S/C6H6BrN3/c7-6(9)4-1-2-10-3-5(4)8/h1-3,9H,8H2. The van der Waals surface area contributed by atoms with E-state index in [1.807, 2.05) is 0 Å². The van der Waals surface area contributed by atoms with Gasteiger partial charge in [0.1, 0.15) is 4.62 Å². The Morgan fingerprint density at radius 3 is 2.80 bits per heavy atom. The van der Waals surface area contributed by atoms with Crippen LogP contribution < -0.4 is 5.73 Å². The van der Waals surface area contributed by atoms with E-state index >= 15 is 0 Å². The number of hydrogen-bond donors (Lipinski definition) is 2. The molecule has 10 heavy (non-hydrogen) atoms. The van der Waals surface area contributed by atoms with Gasteiger partial charge in [0.15, 0.2) is 0 Å². The summed E-state index contributed by atoms with van der Waals surface area (Å²) in [4.78, 5) is 3.78. The summed E-state index contributed by atoms with van der Waals surface area (Å²) in [6.07, 6.45) is 3.12. The van der Waals surface area contributed by atoms with Crippen molar-refractivity contribution in [2.45, 2.75) is 0 Å². The smallest absolute Gasteiger partial charge is 0.106 e. The minimum absolute atomic E-state index is 0.285. The first-order valence-electron chi connectivity index (χ1n) is 2.65. The topological polar surface area (TPSA) is 62.8 Å². The minimum Gasteiger partial charge on any atom is -0.397 e. The number of halogens is 1. The average molecular weight is 200 g/mol. The molecule has 0 aliphatic rings. The zero-order valence-electron chi connectivity index (χ0n) is 5.13. The van der Waals surface area contributed by atoms with Gasteiger partial charge in [-0.05, 0) is 22.0 Å². The normalized spacial score (nSPS) is 9.30. The fourth-order valence-electron chi connectivity index (χ4n) is 0.607. The third kappa shape index (κ3) is 1.33. The molecule has 0 fully saturated rings. The maximum absolute atomic E-state index is 7.19. The SMILES string of the molecule is N=C(Br)c1ccncc1N. The molecule has 0 spiro atoms. The fraction of sp³-hybridized carbons (Fsp3) is 0. The van der Waals surface area contributed by atoms with Crippen molar-refractivity contribution in [3.05, 3.63) is 24.0 Å². The van der Waals surface area contributed by atoms with Crippen LogP contribution in [-0.2, 0) is 0 Å². The first-order chi connectivity index (χ1) is 4.72. The van der Waals surface area contributed by atoms with Crippen molar-refractivity contribution in [1.29, 1.82) is 5.41 Å². The van der Waals surface area contributed by atoms with E-state index in [4.69, 9.17) is 11.1 Å². The van der Waals surface area contributed by atoms with Crippen molar-refractivity contribution in [2.24, 2.45) is 0 Å². The highest BCUT2D eigenvalue weighted by Crippen LogP contribution is 2.11. The van der Waals surface area contributed by atoms with E-state index < -0.39 is 0 Å². The van der Waals surface area contributed by atoms with Crippen LogP contribution in [0.5, 0.6) is 0 Å². The van der Waals surface area contributed by atoms with Crippen molar-refractivity contribution in [3.8, 4) is 0 Å². The molecule has 3 N–H and O–H groups in total. The second-order valence-electron chi connectivity index (χ2n) is 1.78. The lowest BCUT2D eigenvalue weighted by molar-refractivity contribution is 1.32. The second kappa shape index (κ2) is 2.79. The van der Waals surface area contributed by atoms with Gasteiger partial charge in [0.2, 0.25) is 0 Å². The van der Waals surface area contributed by atoms with Crippen LogP contribution in [0.4, 0.5) is 5.69 Å². The summed E-state index contributed by atoms with van der Waals surface area (Å²) in [6, 6.07) is 1.69. The number of anilines is 1. The first kappa shape index (κ1) is 7.21. The number of nitrogens with one attached hydrogen (secondary N) is 1. The average Bonchev–Trinajstić information content (AvgIpc) is 1.88. The highest BCUT2D eigenvalue weighted by atomic mass is 79.9. The zero-order chi connectivity index (χ0) is 7.56. The van der Waals surface area contributed by atoms with Gasteiger partial charge in [0.25, 0.3) is 0 Å². The Balaban J connectivity index is 3.15. The van der Waals surface area contributed by atoms with Gasteiger partial charge in [0, 0.05) is 11.8 Å². The molecule has 52 valence electrons. The van der Waals surface area contributed by atoms with Gasteiger partial charge in [-0.1, -0.05) is 0 Å². The maximum Gasteiger partial charge on any atom is 0.106 e. The van der Waals surface area contributed by atoms with Crippen molar-refractivity contribution in [2.75, 3.05) is 5.73 Å². The lowest BCUT2D eigenvalue weighted by Crippen LogP contribution is -1.96. The summed E-state index contributed by atoms with van der Waals surface area (Å²) in [5.41, 5.74) is 6.68. The minimum atomic E-state index is 0.285. The largest absolute Gasteiger partial charge is 0.397 e. The molecule has 3 nitrogen and oxygen atoms in total. The van der Waals surface area contributed by atoms with Crippen LogP contribution in [0.1, 0.15) is 5.56 Å². The number of hydrogen-bond acceptors (Lipinski definition) is 3. The molecule has 1 aromatic heterocycles. The number of nitrogens with two attached hydrogens (primary N) is 1. The lowest BCUT2D eigenvalue weighted by atomic mass is 10.2. The molecule has 0 radical (unpaired) electrons. The summed E-state index contributed by atoms with van der Waals surface area (Å²) in [7, 11) is 0. The van der Waals surface area contributed by atoms with Gasteiger partial charge in [0.05, 0.1) is 11.9 Å². The highest BCUT2D eigenvalue weighted by Gasteiger charge is 1.99. The van der Waals surface area contributed by atoms with Crippen LogP contribution in [0.2, 0.25) is 0 Å². The Hall–Kier alpha value is -0.900. The molecule has 1 rings (SSSR count). The first-order valence-corrected chi connectivity index (χ1v) is 3.45. The Morgan fingerprint density at radius 1 is 1.70 bits per heavy atom. The molecule has 0 saturated carbocycles. The molecule has 0 bridgehead atoms. The van der Waals surface area contributed by atoms with E-state index in [0.29, 0.717) is 11.3 Å². The molecule has 0 amide bonds. The van der Waals surface area contributed by atoms with Gasteiger partial charge in [-0.3, -0.25) is 10.4 Å². The lowest BCUT2D eigenvalue weighted by Gasteiger charge is -1.98. The van der Waals surface area contributed by atoms with Gasteiger partial charge < -0.3 is 5.73 Å². The number of aromatic nitrogens is 1. The molecule has 0 atom stereocenters. The molecule has 4 heteroatoms. The molecular formula is C6H6BrN3. The third-order valence-corrected chi connectivity index (χ3v) is 1.52. The third-order valence-electron chi connectivity index (χ3n) is 1.09. The summed E-state index contributed by atoms with van der Waals surface area (Å²) in [5.74, 6) is 0. The zero-order valence-corrected chi connectivity index (χ0v) is 6.72. The summed E-state index contributed by atoms with van der Waals surface area (Å²) in [6.45, 7) is 0. The summed E-state index contributed by atoms with van der Waals surface area (Å²) in [5, 5.41) is 7.19. The van der Waals surface area contributed by atoms with E-state index in [2.05, 4.69) is 20.9 Å². The van der Waals surface area contributed by atoms with Crippen molar-refractivity contribution in [1.82, 2.24) is 4.98 Å². The van der Waals surface area contributed by atoms with E-state index in [9.17, 15) is 0 Å². The quantitative estimate of drug-likeness (QED) is 0.672. The van der Waals surface area contributed by atoms with E-state index in [-0.39, 0.29) is 4.62 Å². The Labute approximate surface area is 66.9 Å². The van der Waals surface area contributed by atoms with Gasteiger partial charge in [-0.2, -0.15) is 0 Å². The van der Waals surface area contributed by atoms with Crippen molar-refractivity contribution in [3.63, 3.8) is 0 Å². The Morgan fingerprint density at radius 2 is 2.40 bits per heavy atom. The predicted molar refractivity (Wildman–Crippen MR) is 44.4 cm³/mol. The Bertz CT molecular complexity index is 259. The molecule has 1 heterocycles. The van der Waals surface area contributed by atoms with Crippen LogP contribution in [0.25, 0.3) is 0 Å². The fourth-order valence-corrected chi connectivity index (χ4v) is 0.968. The monoisotopic (exact) mass is 199 g/mol. The molecule has 0 unspecified atom stereocenters. The molecule has 1 aromatic rings. The van der Waals surface area contributed by atoms with Gasteiger partial charge in [-0.25, -0.2) is 0 Å². The highest BCUT2D eigenvalue weighted by molar-refractivity contribution is 9.18. The van der Waals surface area contributed by atoms with Gasteiger partial charge in [-0.15, -0.1) is 0 Å². The number of nitrogen functional groups attached to an aromatic ring is 1. The number of rotatable bonds is 1. The van der Waals surface area contributed by atoms with Crippen LogP contribution in [0, 0.1) is 5.41 Å². The van der Waals surface area contributed by atoms with Crippen molar-refractivity contribution >= 4 is 26.2 Å². The maximum atomic E-state index is 7.19. The second-order valence-corrected chi connectivity index (χ2v) is 2.57. The van der Waals surface area contributed by atoms with Crippen LogP contribution in [0.3, 0.4) is 0 Å². The van der Waals surface area contributed by atoms with Crippen LogP contribution in [-0.4, -0.2) is 9.60 Å². The van der Waals surface area contributed by atoms with E-state index in [1.54, 1.807) is 12.3 Å². The molecule has 0 aliphatic carbocycles. The number of nitrogens with zero attached hydrogens (tertiary/aromatic N) is 1. The molecule has 0 aromatic carbocycles. The molecular weight excluding hydrogens is 194 g/mol. The summed E-state index contributed by atoms with van der Waals surface area (Å²) >= 11 is 3.01. The van der Waals surface area contributed by atoms with Crippen molar-refractivity contribution < 1.29 is 0 Å². The summed E-state index contributed by atoms with van der Waals surface area (Å²) < 4.78 is 0.285. The van der Waals surface area contributed by atoms with Crippen LogP contribution in [0.15, 0.2) is 18.5 Å². The Kier molecular flexibility index (Phi) is 2.01. The molecule has 0 saturated heterocycles.